The quantitative estimate of drug-likeness (QED) is 0.373. The Morgan fingerprint density at radius 2 is 0.971 bits per heavy atom. The third kappa shape index (κ3) is 4.29. The third-order valence-electron chi connectivity index (χ3n) is 5.16. The summed E-state index contributed by atoms with van der Waals surface area (Å²) in [6.07, 6.45) is 6.36. The smallest absolute Gasteiger partial charge is 0.247 e. The highest BCUT2D eigenvalue weighted by Gasteiger charge is 2.42. The van der Waals surface area contributed by atoms with Gasteiger partial charge in [0.05, 0.1) is 11.4 Å². The summed E-state index contributed by atoms with van der Waals surface area (Å²) < 4.78 is 0. The van der Waals surface area contributed by atoms with Gasteiger partial charge in [0.1, 0.15) is 10.5 Å². The molecule has 2 aromatic heterocycles. The second kappa shape index (κ2) is 9.31. The van der Waals surface area contributed by atoms with E-state index in [9.17, 15) is 19.2 Å². The van der Waals surface area contributed by atoms with Crippen LogP contribution in [0.25, 0.3) is 0 Å². The molecule has 2 saturated heterocycles. The number of nitrogens with zero attached hydrogens (tertiary/aromatic N) is 6. The van der Waals surface area contributed by atoms with Crippen molar-refractivity contribution in [2.45, 2.75) is 33.7 Å². The van der Waals surface area contributed by atoms with Crippen LogP contribution in [0, 0.1) is 0 Å². The Kier molecular flexibility index (Phi) is 6.07. The van der Waals surface area contributed by atoms with Crippen molar-refractivity contribution in [3.8, 4) is 0 Å². The molecule has 0 spiro atoms. The molecule has 12 heteroatoms. The van der Waals surface area contributed by atoms with Gasteiger partial charge in [-0.3, -0.25) is 19.2 Å². The Labute approximate surface area is 202 Å². The molecule has 2 atom stereocenters. The van der Waals surface area contributed by atoms with Gasteiger partial charge < -0.3 is 0 Å². The minimum absolute atomic E-state index is 0.0348. The molecule has 0 N–H and O–H groups in total. The first-order valence-corrected chi connectivity index (χ1v) is 12.0. The number of hydrogen-bond donors (Lipinski definition) is 0. The fraction of sp³-hybridized carbons (Fsp3) is 0.182. The molecular formula is C22H16N6O4S2. The highest BCUT2D eigenvalue weighted by molar-refractivity contribution is 8.00. The van der Waals surface area contributed by atoms with Gasteiger partial charge in [0.2, 0.25) is 23.6 Å². The van der Waals surface area contributed by atoms with Gasteiger partial charge in [0, 0.05) is 37.6 Å². The zero-order valence-electron chi connectivity index (χ0n) is 17.5. The molecule has 2 fully saturated rings. The van der Waals surface area contributed by atoms with Gasteiger partial charge in [-0.05, 0) is 36.4 Å². The summed E-state index contributed by atoms with van der Waals surface area (Å²) in [6, 6.07) is 9.56. The summed E-state index contributed by atoms with van der Waals surface area (Å²) in [7, 11) is 0. The van der Waals surface area contributed by atoms with Gasteiger partial charge >= 0.3 is 0 Å². The van der Waals surface area contributed by atoms with Gasteiger partial charge in [-0.2, -0.15) is 0 Å². The van der Waals surface area contributed by atoms with Crippen LogP contribution in [0.5, 0.6) is 0 Å². The summed E-state index contributed by atoms with van der Waals surface area (Å²) in [4.78, 5) is 69.5. The van der Waals surface area contributed by atoms with Crippen LogP contribution in [0.4, 0.5) is 11.4 Å². The number of carbonyl (C=O) groups is 4. The predicted molar refractivity (Wildman–Crippen MR) is 124 cm³/mol. The minimum atomic E-state index is -0.616. The molecule has 5 rings (SSSR count). The summed E-state index contributed by atoms with van der Waals surface area (Å²) in [5.74, 6) is -1.39. The van der Waals surface area contributed by atoms with Crippen molar-refractivity contribution in [3.05, 3.63) is 61.2 Å². The maximum atomic E-state index is 12.9. The van der Waals surface area contributed by atoms with Crippen LogP contribution in [0.2, 0.25) is 0 Å². The lowest BCUT2D eigenvalue weighted by molar-refractivity contribution is -0.122. The number of thioether (sulfide) groups is 2. The van der Waals surface area contributed by atoms with E-state index in [4.69, 9.17) is 0 Å². The average Bonchev–Trinajstić information content (AvgIpc) is 3.28. The van der Waals surface area contributed by atoms with Crippen molar-refractivity contribution in [1.82, 2.24) is 19.9 Å². The maximum Gasteiger partial charge on any atom is 0.247 e. The topological polar surface area (TPSA) is 126 Å². The molecule has 0 saturated carbocycles. The average molecular weight is 493 g/mol. The summed E-state index contributed by atoms with van der Waals surface area (Å²) in [5, 5.41) is -0.390. The fourth-order valence-electron chi connectivity index (χ4n) is 3.63. The van der Waals surface area contributed by atoms with Crippen LogP contribution in [0.3, 0.4) is 0 Å². The number of imide groups is 2. The van der Waals surface area contributed by atoms with Crippen molar-refractivity contribution in [2.75, 3.05) is 9.80 Å². The largest absolute Gasteiger partial charge is 0.274 e. The van der Waals surface area contributed by atoms with Crippen molar-refractivity contribution >= 4 is 58.5 Å². The summed E-state index contributed by atoms with van der Waals surface area (Å²) in [5.41, 5.74) is 0.747. The molecule has 1 aromatic carbocycles. The van der Waals surface area contributed by atoms with Crippen LogP contribution in [-0.4, -0.2) is 54.1 Å². The first-order valence-electron chi connectivity index (χ1n) is 10.2. The summed E-state index contributed by atoms with van der Waals surface area (Å²) >= 11 is 2.28. The van der Waals surface area contributed by atoms with Gasteiger partial charge in [-0.25, -0.2) is 29.7 Å². The van der Waals surface area contributed by atoms with Gasteiger partial charge in [-0.1, -0.05) is 23.5 Å². The van der Waals surface area contributed by atoms with E-state index in [-0.39, 0.29) is 36.5 Å². The van der Waals surface area contributed by atoms with Gasteiger partial charge in [0.25, 0.3) is 0 Å². The highest BCUT2D eigenvalue weighted by atomic mass is 32.2. The molecule has 0 aliphatic carbocycles. The number of amides is 4. The van der Waals surface area contributed by atoms with E-state index < -0.39 is 10.5 Å². The SMILES string of the molecule is O=C1C[C@@H](Sc2ncccn2)C(=O)N1c1ccc(N2C(=O)C[C@@H](Sc3ncccn3)C2=O)cc1. The number of benzene rings is 1. The van der Waals surface area contributed by atoms with Crippen LogP contribution in [0.1, 0.15) is 12.8 Å². The Hall–Kier alpha value is -3.64. The molecule has 10 nitrogen and oxygen atoms in total. The Morgan fingerprint density at radius 3 is 1.32 bits per heavy atom. The van der Waals surface area contributed by atoms with Gasteiger partial charge in [0.15, 0.2) is 10.3 Å². The van der Waals surface area contributed by atoms with Crippen LogP contribution >= 0.6 is 23.5 Å². The van der Waals surface area contributed by atoms with Crippen LogP contribution < -0.4 is 9.80 Å². The second-order valence-electron chi connectivity index (χ2n) is 7.34. The number of carbonyl (C=O) groups excluding carboxylic acids is 4. The zero-order valence-corrected chi connectivity index (χ0v) is 19.1. The molecule has 0 radical (unpaired) electrons. The Bertz CT molecular complexity index is 1160. The number of aromatic nitrogens is 4. The van der Waals surface area contributed by atoms with Gasteiger partial charge in [-0.15, -0.1) is 0 Å². The summed E-state index contributed by atoms with van der Waals surface area (Å²) in [6.45, 7) is 0. The predicted octanol–water partition coefficient (Wildman–Crippen LogP) is 2.11. The first kappa shape index (κ1) is 22.2. The van der Waals surface area contributed by atoms with E-state index in [1.54, 1.807) is 61.2 Å². The molecule has 34 heavy (non-hydrogen) atoms. The third-order valence-corrected chi connectivity index (χ3v) is 7.31. The number of hydrogen-bond acceptors (Lipinski definition) is 10. The van der Waals surface area contributed by atoms with Crippen molar-refractivity contribution < 1.29 is 19.2 Å². The molecule has 0 unspecified atom stereocenters. The van der Waals surface area contributed by atoms with Crippen LogP contribution in [-0.2, 0) is 19.2 Å². The van der Waals surface area contributed by atoms with Crippen LogP contribution in [0.15, 0.2) is 71.5 Å². The molecule has 2 aliphatic rings. The lowest BCUT2D eigenvalue weighted by Gasteiger charge is -2.18. The number of rotatable bonds is 6. The molecule has 3 aromatic rings. The lowest BCUT2D eigenvalue weighted by Crippen LogP contribution is -2.32. The molecule has 4 amide bonds. The molecule has 2 aliphatic heterocycles. The molecule has 170 valence electrons. The maximum absolute atomic E-state index is 12.9. The molecular weight excluding hydrogens is 476 g/mol. The standard InChI is InChI=1S/C22H16N6O4S2/c29-17-11-15(33-21-23-7-1-8-24-21)19(31)27(17)13-3-5-14(6-4-13)28-18(30)12-16(20(28)32)34-22-25-9-2-10-26-22/h1-10,15-16H,11-12H2/t15-,16-/m1/s1. The zero-order chi connectivity index (χ0) is 23.7. The lowest BCUT2D eigenvalue weighted by atomic mass is 10.2. The van der Waals surface area contributed by atoms with E-state index >= 15 is 0 Å². The van der Waals surface area contributed by atoms with E-state index in [2.05, 4.69) is 19.9 Å². The monoisotopic (exact) mass is 492 g/mol. The van der Waals surface area contributed by atoms with Crippen molar-refractivity contribution in [1.29, 1.82) is 0 Å². The molecule has 4 heterocycles. The van der Waals surface area contributed by atoms with E-state index in [0.717, 1.165) is 33.3 Å². The second-order valence-corrected chi connectivity index (χ2v) is 9.67. The highest BCUT2D eigenvalue weighted by Crippen LogP contribution is 2.35. The Balaban J connectivity index is 1.30. The normalized spacial score (nSPS) is 20.5. The van der Waals surface area contributed by atoms with E-state index in [1.807, 2.05) is 0 Å². The fourth-order valence-corrected chi connectivity index (χ4v) is 5.49. The number of anilines is 2. The van der Waals surface area contributed by atoms with E-state index in [1.165, 1.54) is 0 Å². The minimum Gasteiger partial charge on any atom is -0.274 e. The van der Waals surface area contributed by atoms with Crippen molar-refractivity contribution in [2.24, 2.45) is 0 Å². The Morgan fingerprint density at radius 1 is 0.618 bits per heavy atom. The van der Waals surface area contributed by atoms with E-state index in [0.29, 0.717) is 21.7 Å². The molecule has 0 bridgehead atoms. The van der Waals surface area contributed by atoms with Crippen molar-refractivity contribution in [3.63, 3.8) is 0 Å². The first-order chi connectivity index (χ1) is 16.5.